The van der Waals surface area contributed by atoms with Gasteiger partial charge in [-0.15, -0.1) is 10.2 Å². The lowest BCUT2D eigenvalue weighted by Gasteiger charge is -2.35. The molecule has 0 radical (unpaired) electrons. The second-order valence-corrected chi connectivity index (χ2v) is 6.28. The molecule has 3 aromatic rings. The fraction of sp³-hybridized carbons (Fsp3) is 0.375. The number of methoxy groups -OCH3 is 1. The molecule has 4 rings (SSSR count). The highest BCUT2D eigenvalue weighted by Crippen LogP contribution is 2.32. The Morgan fingerprint density at radius 3 is 2.81 bits per heavy atom. The van der Waals surface area contributed by atoms with Gasteiger partial charge in [-0.1, -0.05) is 5.21 Å². The van der Waals surface area contributed by atoms with Gasteiger partial charge in [0.1, 0.15) is 22.9 Å². The van der Waals surface area contributed by atoms with Crippen molar-refractivity contribution < 1.29 is 19.0 Å². The molecule has 1 saturated heterocycles. The highest BCUT2D eigenvalue weighted by atomic mass is 19.1. The Kier molecular flexibility index (Phi) is 3.83. The third kappa shape index (κ3) is 2.58. The maximum atomic E-state index is 14.0. The number of carbonyl (C=O) groups is 1. The van der Waals surface area contributed by atoms with Crippen molar-refractivity contribution in [2.75, 3.05) is 20.2 Å². The molecule has 0 bridgehead atoms. The molecule has 1 aromatic carbocycles. The van der Waals surface area contributed by atoms with Gasteiger partial charge in [0.05, 0.1) is 12.6 Å². The number of carbonyl (C=O) groups excluding carboxylic acids is 1. The number of H-pyrrole nitrogens is 2. The van der Waals surface area contributed by atoms with Crippen molar-refractivity contribution in [1.29, 1.82) is 0 Å². The normalized spacial score (nSPS) is 16.8. The molecular formula is C16H17FN6O3. The van der Waals surface area contributed by atoms with Crippen LogP contribution in [-0.2, 0) is 5.60 Å². The minimum absolute atomic E-state index is 0.224. The first-order valence-electron chi connectivity index (χ1n) is 8.12. The molecule has 3 N–H and O–H groups in total. The Balaban J connectivity index is 1.56. The number of nitrogens with one attached hydrogen (secondary N) is 2. The van der Waals surface area contributed by atoms with E-state index in [1.165, 1.54) is 19.2 Å². The summed E-state index contributed by atoms with van der Waals surface area (Å²) >= 11 is 0. The van der Waals surface area contributed by atoms with Crippen LogP contribution in [0.5, 0.6) is 5.75 Å². The number of benzene rings is 1. The molecule has 2 aromatic heterocycles. The molecule has 26 heavy (non-hydrogen) atoms. The number of aromatic amines is 2. The third-order valence-electron chi connectivity index (χ3n) is 4.79. The summed E-state index contributed by atoms with van der Waals surface area (Å²) in [6.07, 6.45) is 0.576. The Morgan fingerprint density at radius 1 is 1.38 bits per heavy atom. The number of fused-ring (bicyclic) bond motifs is 1. The minimum Gasteiger partial charge on any atom is -0.496 e. The lowest BCUT2D eigenvalue weighted by molar-refractivity contribution is -0.0280. The van der Waals surface area contributed by atoms with Gasteiger partial charge >= 0.3 is 0 Å². The topological polar surface area (TPSA) is 120 Å². The van der Waals surface area contributed by atoms with Crippen LogP contribution in [0.2, 0.25) is 0 Å². The highest BCUT2D eigenvalue weighted by Gasteiger charge is 2.39. The first-order valence-corrected chi connectivity index (χ1v) is 8.12. The number of halogens is 1. The van der Waals surface area contributed by atoms with Crippen LogP contribution in [0.4, 0.5) is 4.39 Å². The number of hydrogen-bond acceptors (Lipinski definition) is 6. The predicted octanol–water partition coefficient (Wildman–Crippen LogP) is 0.952. The average Bonchev–Trinajstić information content (AvgIpc) is 3.33. The predicted molar refractivity (Wildman–Crippen MR) is 88.0 cm³/mol. The first-order chi connectivity index (χ1) is 12.5. The zero-order chi connectivity index (χ0) is 18.3. The molecule has 1 fully saturated rings. The van der Waals surface area contributed by atoms with E-state index in [0.717, 1.165) is 0 Å². The zero-order valence-electron chi connectivity index (χ0n) is 14.0. The van der Waals surface area contributed by atoms with Gasteiger partial charge in [0.15, 0.2) is 0 Å². The van der Waals surface area contributed by atoms with Gasteiger partial charge in [0.2, 0.25) is 5.82 Å². The lowest BCUT2D eigenvalue weighted by Crippen LogP contribution is -2.45. The number of nitrogens with zero attached hydrogens (tertiary/aromatic N) is 4. The monoisotopic (exact) mass is 360 g/mol. The highest BCUT2D eigenvalue weighted by molar-refractivity contribution is 5.99. The number of piperidine rings is 1. The van der Waals surface area contributed by atoms with E-state index in [0.29, 0.717) is 24.2 Å². The number of hydrogen-bond donors (Lipinski definition) is 3. The summed E-state index contributed by atoms with van der Waals surface area (Å²) in [5.41, 5.74) is -0.707. The van der Waals surface area contributed by atoms with Crippen LogP contribution in [0.15, 0.2) is 18.2 Å². The number of tetrazole rings is 1. The molecule has 136 valence electrons. The van der Waals surface area contributed by atoms with Crippen LogP contribution in [0.3, 0.4) is 0 Å². The standard InChI is InChI=1S/C16H17FN6O3/c1-26-12-3-2-10(17)13-9(12)8-11(18-13)14(24)23-6-4-16(25,5-7-23)15-19-21-22-20-15/h2-3,8,18,25H,4-7H2,1H3,(H,19,20,21,22). The molecular weight excluding hydrogens is 343 g/mol. The van der Waals surface area contributed by atoms with Crippen molar-refractivity contribution in [3.8, 4) is 5.75 Å². The van der Waals surface area contributed by atoms with Crippen LogP contribution in [-0.4, -0.2) is 61.7 Å². The van der Waals surface area contributed by atoms with Gasteiger partial charge < -0.3 is 19.7 Å². The minimum atomic E-state index is -1.21. The van der Waals surface area contributed by atoms with Gasteiger partial charge in [0.25, 0.3) is 5.91 Å². The van der Waals surface area contributed by atoms with E-state index < -0.39 is 11.4 Å². The van der Waals surface area contributed by atoms with Crippen molar-refractivity contribution in [2.24, 2.45) is 0 Å². The molecule has 0 spiro atoms. The van der Waals surface area contributed by atoms with Crippen LogP contribution in [0.25, 0.3) is 10.9 Å². The third-order valence-corrected chi connectivity index (χ3v) is 4.79. The Hall–Kier alpha value is -3.01. The van der Waals surface area contributed by atoms with Crippen LogP contribution in [0, 0.1) is 5.82 Å². The maximum absolute atomic E-state index is 14.0. The number of aliphatic hydroxyl groups is 1. The van der Waals surface area contributed by atoms with Crippen molar-refractivity contribution >= 4 is 16.8 Å². The van der Waals surface area contributed by atoms with Crippen molar-refractivity contribution in [1.82, 2.24) is 30.5 Å². The number of aromatic nitrogens is 5. The van der Waals surface area contributed by atoms with E-state index in [-0.39, 0.29) is 35.8 Å². The van der Waals surface area contributed by atoms with Gasteiger partial charge in [-0.3, -0.25) is 4.79 Å². The number of amides is 1. The van der Waals surface area contributed by atoms with Crippen molar-refractivity contribution in [3.63, 3.8) is 0 Å². The summed E-state index contributed by atoms with van der Waals surface area (Å²) in [5, 5.41) is 24.6. The van der Waals surface area contributed by atoms with Crippen molar-refractivity contribution in [3.05, 3.63) is 35.5 Å². The Bertz CT molecular complexity index is 946. The van der Waals surface area contributed by atoms with Crippen molar-refractivity contribution in [2.45, 2.75) is 18.4 Å². The van der Waals surface area contributed by atoms with Gasteiger partial charge in [-0.25, -0.2) is 4.39 Å². The molecule has 10 heteroatoms. The van der Waals surface area contributed by atoms with E-state index in [4.69, 9.17) is 4.74 Å². The molecule has 0 saturated carbocycles. The fourth-order valence-corrected chi connectivity index (χ4v) is 3.29. The molecule has 0 aliphatic carbocycles. The Labute approximate surface area is 147 Å². The first kappa shape index (κ1) is 16.5. The average molecular weight is 360 g/mol. The summed E-state index contributed by atoms with van der Waals surface area (Å²) in [4.78, 5) is 17.2. The molecule has 9 nitrogen and oxygen atoms in total. The molecule has 1 aliphatic heterocycles. The molecule has 3 heterocycles. The number of rotatable bonds is 3. The second kappa shape index (κ2) is 6.06. The summed E-state index contributed by atoms with van der Waals surface area (Å²) in [7, 11) is 1.49. The summed E-state index contributed by atoms with van der Waals surface area (Å²) in [6, 6.07) is 4.39. The molecule has 1 amide bonds. The zero-order valence-corrected chi connectivity index (χ0v) is 14.0. The van der Waals surface area contributed by atoms with E-state index in [2.05, 4.69) is 25.6 Å². The van der Waals surface area contributed by atoms with Gasteiger partial charge in [-0.2, -0.15) is 5.21 Å². The van der Waals surface area contributed by atoms with Gasteiger partial charge in [-0.05, 0) is 18.2 Å². The molecule has 0 unspecified atom stereocenters. The number of likely N-dealkylation sites (tertiary alicyclic amines) is 1. The number of ether oxygens (including phenoxy) is 1. The Morgan fingerprint density at radius 2 is 2.15 bits per heavy atom. The molecule has 1 aliphatic rings. The SMILES string of the molecule is COc1ccc(F)c2[nH]c(C(=O)N3CCC(O)(c4nn[nH]n4)CC3)cc12. The summed E-state index contributed by atoms with van der Waals surface area (Å²) < 4.78 is 19.2. The maximum Gasteiger partial charge on any atom is 0.270 e. The van der Waals surface area contributed by atoms with Crippen LogP contribution < -0.4 is 4.74 Å². The smallest absolute Gasteiger partial charge is 0.270 e. The largest absolute Gasteiger partial charge is 0.496 e. The lowest BCUT2D eigenvalue weighted by atomic mass is 9.90. The quantitative estimate of drug-likeness (QED) is 0.640. The van der Waals surface area contributed by atoms with E-state index in [1.54, 1.807) is 11.0 Å². The van der Waals surface area contributed by atoms with E-state index >= 15 is 0 Å². The van der Waals surface area contributed by atoms with Crippen LogP contribution >= 0.6 is 0 Å². The van der Waals surface area contributed by atoms with E-state index in [9.17, 15) is 14.3 Å². The van der Waals surface area contributed by atoms with Gasteiger partial charge in [0, 0.05) is 31.3 Å². The van der Waals surface area contributed by atoms with Crippen LogP contribution in [0.1, 0.15) is 29.2 Å². The molecule has 0 atom stereocenters. The summed E-state index contributed by atoms with van der Waals surface area (Å²) in [5.74, 6) is -0.00775. The fourth-order valence-electron chi connectivity index (χ4n) is 3.29. The second-order valence-electron chi connectivity index (χ2n) is 6.28. The van der Waals surface area contributed by atoms with E-state index in [1.807, 2.05) is 0 Å². The summed E-state index contributed by atoms with van der Waals surface area (Å²) in [6.45, 7) is 0.637.